The van der Waals surface area contributed by atoms with Crippen LogP contribution in [0.4, 0.5) is 0 Å². The maximum Gasteiger partial charge on any atom is 0.309 e. The van der Waals surface area contributed by atoms with Gasteiger partial charge in [0, 0.05) is 23.6 Å². The van der Waals surface area contributed by atoms with Crippen LogP contribution in [0.25, 0.3) is 6.08 Å². The fourth-order valence-electron chi connectivity index (χ4n) is 4.52. The molecule has 3 rings (SSSR count). The van der Waals surface area contributed by atoms with E-state index in [0.717, 1.165) is 10.7 Å². The lowest BCUT2D eigenvalue weighted by Gasteiger charge is -2.34. The Bertz CT molecular complexity index is 1050. The number of fused-ring (bicyclic) bond motifs is 1. The van der Waals surface area contributed by atoms with Gasteiger partial charge in [-0.2, -0.15) is 5.26 Å². The SMILES string of the molecule is C/C(=C\c1csc(C)n1)[C@@H]1CC2OC2(C#N)COC[C@H](C)[C@H](O)[C@@H](C)C(=O)C(C)(C)[C@@H](O)CC(=O)O1. The molecule has 0 radical (unpaired) electrons. The molecule has 3 heterocycles. The third-order valence-electron chi connectivity index (χ3n) is 7.26. The van der Waals surface area contributed by atoms with Crippen molar-refractivity contribution >= 4 is 29.2 Å². The van der Waals surface area contributed by atoms with Crippen molar-refractivity contribution < 1.29 is 34.0 Å². The molecule has 10 heteroatoms. The highest BCUT2D eigenvalue weighted by atomic mass is 32.1. The quantitative estimate of drug-likeness (QED) is 0.444. The van der Waals surface area contributed by atoms with Crippen molar-refractivity contribution in [1.82, 2.24) is 4.98 Å². The number of aromatic nitrogens is 1. The Morgan fingerprint density at radius 2 is 2.00 bits per heavy atom. The summed E-state index contributed by atoms with van der Waals surface area (Å²) in [6, 6.07) is 2.17. The van der Waals surface area contributed by atoms with Gasteiger partial charge in [-0.15, -0.1) is 11.3 Å². The van der Waals surface area contributed by atoms with Crippen LogP contribution in [-0.2, 0) is 23.8 Å². The summed E-state index contributed by atoms with van der Waals surface area (Å²) >= 11 is 1.50. The average molecular weight is 521 g/mol. The predicted molar refractivity (Wildman–Crippen MR) is 133 cm³/mol. The number of Topliss-reactive ketones (excluding diaryl/α,β-unsaturated/α-hetero) is 1. The molecule has 0 aliphatic carbocycles. The summed E-state index contributed by atoms with van der Waals surface area (Å²) < 4.78 is 17.2. The van der Waals surface area contributed by atoms with Gasteiger partial charge >= 0.3 is 5.97 Å². The van der Waals surface area contributed by atoms with Crippen molar-refractivity contribution in [2.24, 2.45) is 17.3 Å². The maximum absolute atomic E-state index is 13.2. The number of hydrogen-bond acceptors (Lipinski definition) is 10. The van der Waals surface area contributed by atoms with Gasteiger partial charge in [0.2, 0.25) is 5.60 Å². The molecular formula is C26H36N2O7S. The molecule has 9 nitrogen and oxygen atoms in total. The number of aryl methyl sites for hydroxylation is 1. The Kier molecular flexibility index (Phi) is 8.74. The van der Waals surface area contributed by atoms with Crippen molar-refractivity contribution in [2.45, 2.75) is 84.4 Å². The van der Waals surface area contributed by atoms with Crippen molar-refractivity contribution in [3.05, 3.63) is 21.7 Å². The third kappa shape index (κ3) is 6.21. The number of cyclic esters (lactones) is 1. The molecule has 2 N–H and O–H groups in total. The van der Waals surface area contributed by atoms with Crippen LogP contribution in [0.2, 0.25) is 0 Å². The number of carbonyl (C=O) groups excluding carboxylic acids is 2. The molecule has 7 atom stereocenters. The molecule has 0 amide bonds. The Balaban J connectivity index is 1.89. The summed E-state index contributed by atoms with van der Waals surface area (Å²) in [5.74, 6) is -2.24. The number of epoxide rings is 1. The number of carbonyl (C=O) groups is 2. The summed E-state index contributed by atoms with van der Waals surface area (Å²) in [6.45, 7) is 10.3. The molecule has 2 aliphatic heterocycles. The highest BCUT2D eigenvalue weighted by Crippen LogP contribution is 2.41. The van der Waals surface area contributed by atoms with E-state index in [9.17, 15) is 25.1 Å². The standard InChI is InChI=1S/C26H36N2O7S/c1-14(7-18-11-36-17(4)28-18)19-8-21-26(12-27,35-21)13-33-10-15(2)23(31)16(3)24(32)25(5,6)20(29)9-22(30)34-19/h7,11,15-16,19-21,23,29,31H,8-10,13H2,1-6H3/b14-7+/t15-,16+,19-,20-,21?,23-,26?/m0/s1. The second kappa shape index (κ2) is 11.1. The van der Waals surface area contributed by atoms with Crippen LogP contribution in [0, 0.1) is 35.5 Å². The molecule has 2 unspecified atom stereocenters. The molecule has 36 heavy (non-hydrogen) atoms. The summed E-state index contributed by atoms with van der Waals surface area (Å²) in [5.41, 5.74) is -1.01. The first-order valence-electron chi connectivity index (χ1n) is 12.2. The minimum Gasteiger partial charge on any atom is -0.458 e. The Morgan fingerprint density at radius 1 is 1.31 bits per heavy atom. The fourth-order valence-corrected chi connectivity index (χ4v) is 5.09. The lowest BCUT2D eigenvalue weighted by molar-refractivity contribution is -0.154. The fraction of sp³-hybridized carbons (Fsp3) is 0.692. The van der Waals surface area contributed by atoms with Gasteiger partial charge in [0.05, 0.1) is 48.0 Å². The zero-order valence-electron chi connectivity index (χ0n) is 21.7. The molecule has 1 aromatic rings. The van der Waals surface area contributed by atoms with E-state index in [1.165, 1.54) is 11.3 Å². The van der Waals surface area contributed by atoms with Crippen LogP contribution in [0.3, 0.4) is 0 Å². The van der Waals surface area contributed by atoms with Crippen LogP contribution in [0.1, 0.15) is 58.2 Å². The van der Waals surface area contributed by atoms with Gasteiger partial charge in [-0.1, -0.05) is 27.7 Å². The number of aliphatic hydroxyl groups is 2. The largest absolute Gasteiger partial charge is 0.458 e. The molecule has 0 bridgehead atoms. The van der Waals surface area contributed by atoms with E-state index in [0.29, 0.717) is 5.57 Å². The Morgan fingerprint density at radius 3 is 2.61 bits per heavy atom. The zero-order valence-corrected chi connectivity index (χ0v) is 22.5. The van der Waals surface area contributed by atoms with Gasteiger partial charge in [-0.05, 0) is 25.5 Å². The Hall–Kier alpha value is -2.16. The number of nitrogens with zero attached hydrogens (tertiary/aromatic N) is 2. The van der Waals surface area contributed by atoms with Gasteiger partial charge in [-0.25, -0.2) is 4.98 Å². The van der Waals surface area contributed by atoms with Gasteiger partial charge in [0.25, 0.3) is 0 Å². The van der Waals surface area contributed by atoms with Crippen LogP contribution < -0.4 is 0 Å². The lowest BCUT2D eigenvalue weighted by atomic mass is 9.73. The van der Waals surface area contributed by atoms with E-state index in [4.69, 9.17) is 14.2 Å². The molecule has 2 aliphatic rings. The smallest absolute Gasteiger partial charge is 0.309 e. The normalized spacial score (nSPS) is 36.5. The molecule has 2 fully saturated rings. The second-order valence-electron chi connectivity index (χ2n) is 10.6. The van der Waals surface area contributed by atoms with Gasteiger partial charge in [0.1, 0.15) is 24.1 Å². The van der Waals surface area contributed by atoms with Crippen LogP contribution in [-0.4, -0.2) is 70.2 Å². The summed E-state index contributed by atoms with van der Waals surface area (Å²) in [7, 11) is 0. The molecule has 0 spiro atoms. The minimum absolute atomic E-state index is 0.00747. The summed E-state index contributed by atoms with van der Waals surface area (Å²) in [5, 5.41) is 34.1. The first-order chi connectivity index (χ1) is 16.8. The Labute approximate surface area is 216 Å². The van der Waals surface area contributed by atoms with E-state index >= 15 is 0 Å². The van der Waals surface area contributed by atoms with E-state index in [-0.39, 0.29) is 25.4 Å². The topological polar surface area (TPSA) is 142 Å². The highest BCUT2D eigenvalue weighted by Gasteiger charge is 2.59. The lowest BCUT2D eigenvalue weighted by Crippen LogP contribution is -2.46. The molecule has 198 valence electrons. The minimum atomic E-state index is -1.31. The monoisotopic (exact) mass is 520 g/mol. The van der Waals surface area contributed by atoms with Crippen molar-refractivity contribution in [3.8, 4) is 6.07 Å². The summed E-state index contributed by atoms with van der Waals surface area (Å²) in [4.78, 5) is 30.5. The predicted octanol–water partition coefficient (Wildman–Crippen LogP) is 2.83. The van der Waals surface area contributed by atoms with Gasteiger partial charge < -0.3 is 24.4 Å². The van der Waals surface area contributed by atoms with Gasteiger partial charge in [0.15, 0.2) is 0 Å². The van der Waals surface area contributed by atoms with E-state index < -0.39 is 59.7 Å². The van der Waals surface area contributed by atoms with E-state index in [1.807, 2.05) is 25.3 Å². The first kappa shape index (κ1) is 28.4. The molecule has 0 aromatic carbocycles. The maximum atomic E-state index is 13.2. The van der Waals surface area contributed by atoms with Gasteiger partial charge in [-0.3, -0.25) is 9.59 Å². The summed E-state index contributed by atoms with van der Waals surface area (Å²) in [6.07, 6.45) is -1.93. The van der Waals surface area contributed by atoms with E-state index in [2.05, 4.69) is 11.1 Å². The number of hydrogen-bond donors (Lipinski definition) is 2. The number of rotatable bonds is 2. The molecule has 1 aromatic heterocycles. The second-order valence-corrected chi connectivity index (χ2v) is 11.6. The van der Waals surface area contributed by atoms with Crippen LogP contribution in [0.15, 0.2) is 11.0 Å². The number of nitriles is 1. The van der Waals surface area contributed by atoms with Crippen molar-refractivity contribution in [2.75, 3.05) is 13.2 Å². The number of ether oxygens (including phenoxy) is 3. The highest BCUT2D eigenvalue weighted by molar-refractivity contribution is 7.09. The van der Waals surface area contributed by atoms with Crippen LogP contribution >= 0.6 is 11.3 Å². The van der Waals surface area contributed by atoms with Crippen LogP contribution in [0.5, 0.6) is 0 Å². The number of thiazole rings is 1. The number of aliphatic hydroxyl groups excluding tert-OH is 2. The first-order valence-corrected chi connectivity index (χ1v) is 13.1. The average Bonchev–Trinajstić information content (AvgIpc) is 3.35. The zero-order chi connectivity index (χ0) is 26.8. The van der Waals surface area contributed by atoms with Crippen molar-refractivity contribution in [1.29, 1.82) is 5.26 Å². The third-order valence-corrected chi connectivity index (χ3v) is 8.05. The number of ketones is 1. The molecule has 0 saturated carbocycles. The van der Waals surface area contributed by atoms with Crippen molar-refractivity contribution in [3.63, 3.8) is 0 Å². The molecular weight excluding hydrogens is 484 g/mol. The number of esters is 1. The van der Waals surface area contributed by atoms with E-state index in [1.54, 1.807) is 27.7 Å². The molecule has 2 saturated heterocycles.